The molecular weight excluding hydrogens is 221 g/mol. The molecule has 0 aliphatic carbocycles. The summed E-state index contributed by atoms with van der Waals surface area (Å²) in [5.41, 5.74) is 0.931. The number of ether oxygens (including phenoxy) is 1. The smallest absolute Gasteiger partial charge is 0.165 e. The topological polar surface area (TPSA) is 41.5 Å². The van der Waals surface area contributed by atoms with Gasteiger partial charge in [-0.3, -0.25) is 0 Å². The largest absolute Gasteiger partial charge is 0.488 e. The molecule has 0 aliphatic heterocycles. The van der Waals surface area contributed by atoms with Crippen molar-refractivity contribution >= 4 is 0 Å². The van der Waals surface area contributed by atoms with Crippen LogP contribution in [0.2, 0.25) is 0 Å². The first-order valence-corrected chi connectivity index (χ1v) is 5.91. The highest BCUT2D eigenvalue weighted by Crippen LogP contribution is 2.18. The zero-order valence-electron chi connectivity index (χ0n) is 10.4. The molecule has 1 atom stereocenters. The van der Waals surface area contributed by atoms with Gasteiger partial charge in [0.2, 0.25) is 0 Å². The number of rotatable bonds is 7. The van der Waals surface area contributed by atoms with Crippen molar-refractivity contribution in [2.45, 2.75) is 26.4 Å². The molecule has 0 saturated heterocycles. The van der Waals surface area contributed by atoms with Crippen molar-refractivity contribution in [1.29, 1.82) is 0 Å². The van der Waals surface area contributed by atoms with Crippen LogP contribution in [0, 0.1) is 12.7 Å². The van der Waals surface area contributed by atoms with E-state index in [9.17, 15) is 9.50 Å². The third-order valence-corrected chi connectivity index (χ3v) is 2.32. The van der Waals surface area contributed by atoms with Crippen LogP contribution < -0.4 is 10.1 Å². The number of hydrogen-bond donors (Lipinski definition) is 2. The highest BCUT2D eigenvalue weighted by atomic mass is 19.1. The normalized spacial score (nSPS) is 12.5. The predicted molar refractivity (Wildman–Crippen MR) is 65.8 cm³/mol. The molecule has 0 fully saturated rings. The molecule has 2 N–H and O–H groups in total. The summed E-state index contributed by atoms with van der Waals surface area (Å²) in [7, 11) is 0. The van der Waals surface area contributed by atoms with Crippen molar-refractivity contribution in [2.75, 3.05) is 19.7 Å². The quantitative estimate of drug-likeness (QED) is 0.716. The first-order valence-electron chi connectivity index (χ1n) is 5.91. The van der Waals surface area contributed by atoms with Crippen LogP contribution in [-0.4, -0.2) is 30.9 Å². The molecule has 1 aromatic rings. The Bertz CT molecular complexity index is 344. The summed E-state index contributed by atoms with van der Waals surface area (Å²) in [5.74, 6) is -0.205. The Labute approximate surface area is 102 Å². The lowest BCUT2D eigenvalue weighted by Crippen LogP contribution is -2.31. The van der Waals surface area contributed by atoms with E-state index in [0.29, 0.717) is 6.54 Å². The Morgan fingerprint density at radius 2 is 2.24 bits per heavy atom. The summed E-state index contributed by atoms with van der Waals surface area (Å²) in [6.45, 7) is 5.33. The summed E-state index contributed by atoms with van der Waals surface area (Å²) in [6.07, 6.45) is 0.390. The van der Waals surface area contributed by atoms with E-state index in [4.69, 9.17) is 4.74 Å². The Morgan fingerprint density at radius 1 is 1.47 bits per heavy atom. The standard InChI is InChI=1S/C13H20FNO2/c1-3-6-15-8-11(16)9-17-13-7-10(2)4-5-12(13)14/h4-5,7,11,15-16H,3,6,8-9H2,1-2H3. The number of halogens is 1. The number of aliphatic hydroxyl groups excluding tert-OH is 1. The Morgan fingerprint density at radius 3 is 2.94 bits per heavy atom. The number of aliphatic hydroxyl groups is 1. The van der Waals surface area contributed by atoms with Crippen LogP contribution in [0.1, 0.15) is 18.9 Å². The van der Waals surface area contributed by atoms with Crippen LogP contribution >= 0.6 is 0 Å². The second kappa shape index (κ2) is 7.25. The summed E-state index contributed by atoms with van der Waals surface area (Å²) in [4.78, 5) is 0. The molecule has 1 aromatic carbocycles. The lowest BCUT2D eigenvalue weighted by atomic mass is 10.2. The maximum absolute atomic E-state index is 13.3. The van der Waals surface area contributed by atoms with Crippen LogP contribution in [0.3, 0.4) is 0 Å². The summed E-state index contributed by atoms with van der Waals surface area (Å²) in [5, 5.41) is 12.7. The van der Waals surface area contributed by atoms with Crippen LogP contribution in [-0.2, 0) is 0 Å². The fourth-order valence-electron chi connectivity index (χ4n) is 1.41. The SMILES string of the molecule is CCCNCC(O)COc1cc(C)ccc1F. The van der Waals surface area contributed by atoms with Gasteiger partial charge in [-0.1, -0.05) is 13.0 Å². The van der Waals surface area contributed by atoms with Crippen molar-refractivity contribution in [1.82, 2.24) is 5.32 Å². The minimum atomic E-state index is -0.624. The van der Waals surface area contributed by atoms with Gasteiger partial charge in [0, 0.05) is 6.54 Å². The van der Waals surface area contributed by atoms with Crippen molar-refractivity contribution in [3.05, 3.63) is 29.6 Å². The van der Waals surface area contributed by atoms with E-state index >= 15 is 0 Å². The third-order valence-electron chi connectivity index (χ3n) is 2.32. The molecule has 3 nitrogen and oxygen atoms in total. The Balaban J connectivity index is 2.36. The van der Waals surface area contributed by atoms with Gasteiger partial charge in [0.25, 0.3) is 0 Å². The van der Waals surface area contributed by atoms with Crippen molar-refractivity contribution in [3.63, 3.8) is 0 Å². The van der Waals surface area contributed by atoms with Gasteiger partial charge in [0.1, 0.15) is 12.7 Å². The lowest BCUT2D eigenvalue weighted by molar-refractivity contribution is 0.104. The number of nitrogens with one attached hydrogen (secondary N) is 1. The number of aryl methyl sites for hydroxylation is 1. The maximum atomic E-state index is 13.3. The number of benzene rings is 1. The van der Waals surface area contributed by atoms with Gasteiger partial charge in [-0.05, 0) is 37.6 Å². The fraction of sp³-hybridized carbons (Fsp3) is 0.538. The van der Waals surface area contributed by atoms with E-state index in [1.807, 2.05) is 6.92 Å². The van der Waals surface area contributed by atoms with Crippen LogP contribution in [0.4, 0.5) is 4.39 Å². The molecule has 96 valence electrons. The number of hydrogen-bond acceptors (Lipinski definition) is 3. The van der Waals surface area contributed by atoms with Gasteiger partial charge < -0.3 is 15.2 Å². The van der Waals surface area contributed by atoms with Gasteiger partial charge in [-0.2, -0.15) is 0 Å². The van der Waals surface area contributed by atoms with E-state index in [1.165, 1.54) is 6.07 Å². The molecule has 0 radical (unpaired) electrons. The molecule has 4 heteroatoms. The third kappa shape index (κ3) is 5.15. The van der Waals surface area contributed by atoms with Gasteiger partial charge in [0.05, 0.1) is 0 Å². The Hall–Kier alpha value is -1.13. The molecular formula is C13H20FNO2. The lowest BCUT2D eigenvalue weighted by Gasteiger charge is -2.13. The highest BCUT2D eigenvalue weighted by Gasteiger charge is 2.07. The molecule has 0 aromatic heterocycles. The van der Waals surface area contributed by atoms with Crippen molar-refractivity contribution in [3.8, 4) is 5.75 Å². The van der Waals surface area contributed by atoms with Gasteiger partial charge in [-0.25, -0.2) is 4.39 Å². The maximum Gasteiger partial charge on any atom is 0.165 e. The molecule has 17 heavy (non-hydrogen) atoms. The fourth-order valence-corrected chi connectivity index (χ4v) is 1.41. The molecule has 1 unspecified atom stereocenters. The monoisotopic (exact) mass is 241 g/mol. The average Bonchev–Trinajstić information content (AvgIpc) is 2.31. The first-order chi connectivity index (χ1) is 8.13. The van der Waals surface area contributed by atoms with Crippen LogP contribution in [0.15, 0.2) is 18.2 Å². The second-order valence-corrected chi connectivity index (χ2v) is 4.10. The molecule has 0 aliphatic rings. The van der Waals surface area contributed by atoms with E-state index in [0.717, 1.165) is 18.5 Å². The van der Waals surface area contributed by atoms with Gasteiger partial charge in [-0.15, -0.1) is 0 Å². The average molecular weight is 241 g/mol. The first kappa shape index (κ1) is 13.9. The molecule has 0 bridgehead atoms. The van der Waals surface area contributed by atoms with Crippen LogP contribution in [0.5, 0.6) is 5.75 Å². The Kier molecular flexibility index (Phi) is 5.94. The zero-order valence-corrected chi connectivity index (χ0v) is 10.4. The van der Waals surface area contributed by atoms with E-state index in [1.54, 1.807) is 12.1 Å². The minimum Gasteiger partial charge on any atom is -0.488 e. The molecule has 0 saturated carbocycles. The van der Waals surface area contributed by atoms with E-state index in [-0.39, 0.29) is 12.4 Å². The summed E-state index contributed by atoms with van der Waals surface area (Å²) < 4.78 is 18.5. The molecule has 1 rings (SSSR count). The summed E-state index contributed by atoms with van der Waals surface area (Å²) >= 11 is 0. The molecule has 0 amide bonds. The van der Waals surface area contributed by atoms with E-state index in [2.05, 4.69) is 12.2 Å². The molecule has 0 spiro atoms. The van der Waals surface area contributed by atoms with Gasteiger partial charge >= 0.3 is 0 Å². The second-order valence-electron chi connectivity index (χ2n) is 4.10. The van der Waals surface area contributed by atoms with Crippen molar-refractivity contribution < 1.29 is 14.2 Å². The predicted octanol–water partition coefficient (Wildman–Crippen LogP) is 1.87. The zero-order chi connectivity index (χ0) is 12.7. The summed E-state index contributed by atoms with van der Waals surface area (Å²) in [6, 6.07) is 4.68. The highest BCUT2D eigenvalue weighted by molar-refractivity contribution is 5.29. The van der Waals surface area contributed by atoms with Crippen molar-refractivity contribution in [2.24, 2.45) is 0 Å². The van der Waals surface area contributed by atoms with Crippen LogP contribution in [0.25, 0.3) is 0 Å². The van der Waals surface area contributed by atoms with E-state index < -0.39 is 11.9 Å². The van der Waals surface area contributed by atoms with Gasteiger partial charge in [0.15, 0.2) is 11.6 Å². The molecule has 0 heterocycles. The minimum absolute atomic E-state index is 0.0943.